The van der Waals surface area contributed by atoms with Gasteiger partial charge in [0.05, 0.1) is 0 Å². The van der Waals surface area contributed by atoms with Gasteiger partial charge >= 0.3 is 0 Å². The molecule has 0 nitrogen and oxygen atoms in total. The van der Waals surface area contributed by atoms with E-state index < -0.39 is 7.20 Å². The first kappa shape index (κ1) is 12.0. The van der Waals surface area contributed by atoms with E-state index in [1.807, 2.05) is 0 Å². The molecule has 2 heteroatoms. The fourth-order valence-electron chi connectivity index (χ4n) is 1.74. The largest absolute Gasteiger partial charge is 0.133 e. The molecule has 0 saturated carbocycles. The second-order valence-electron chi connectivity index (χ2n) is 3.57. The summed E-state index contributed by atoms with van der Waals surface area (Å²) in [5, 5.41) is 0. The molecular weight excluding hydrogens is 327 g/mol. The van der Waals surface area contributed by atoms with Crippen LogP contribution in [0.5, 0.6) is 0 Å². The van der Waals surface area contributed by atoms with Gasteiger partial charge in [-0.1, -0.05) is 43.3 Å². The molecule has 0 heterocycles. The van der Waals surface area contributed by atoms with Gasteiger partial charge in [-0.3, -0.25) is 0 Å². The molecule has 0 aliphatic carbocycles. The summed E-state index contributed by atoms with van der Waals surface area (Å²) < 4.78 is 0. The smallest absolute Gasteiger partial charge is 0.00273 e. The van der Waals surface area contributed by atoms with Crippen LogP contribution in [0.1, 0.15) is 6.92 Å². The molecule has 0 amide bonds. The Morgan fingerprint density at radius 3 is 1.50 bits per heavy atom. The Bertz CT molecular complexity index is 399. The topological polar surface area (TPSA) is 0 Å². The van der Waals surface area contributed by atoms with Gasteiger partial charge in [0.2, 0.25) is 0 Å². The zero-order valence-corrected chi connectivity index (χ0v) is 12.2. The van der Waals surface area contributed by atoms with Crippen molar-refractivity contribution >= 4 is 28.4 Å². The van der Waals surface area contributed by atoms with Crippen LogP contribution < -0.4 is 0 Å². The van der Waals surface area contributed by atoms with Crippen LogP contribution >= 0.6 is 28.4 Å². The van der Waals surface area contributed by atoms with Crippen molar-refractivity contribution < 1.29 is 0 Å². The van der Waals surface area contributed by atoms with Gasteiger partial charge in [0.1, 0.15) is 0 Å². The van der Waals surface area contributed by atoms with Crippen LogP contribution in [0.25, 0.3) is 0 Å². The van der Waals surface area contributed by atoms with E-state index in [-0.39, 0.29) is 0 Å². The zero-order valence-electron chi connectivity index (χ0n) is 9.27. The number of halogens is 1. The lowest BCUT2D eigenvalue weighted by atomic mass is 10.4. The van der Waals surface area contributed by atoms with Crippen molar-refractivity contribution in [2.45, 2.75) is 16.7 Å². The Labute approximate surface area is 111 Å². The number of rotatable bonds is 3. The summed E-state index contributed by atoms with van der Waals surface area (Å²) in [7, 11) is -0.864. The minimum atomic E-state index is -0.864. The van der Waals surface area contributed by atoms with Gasteiger partial charge in [0, 0.05) is 9.79 Å². The van der Waals surface area contributed by atoms with Crippen molar-refractivity contribution in [2.24, 2.45) is 0 Å². The molecule has 0 bridgehead atoms. The van der Waals surface area contributed by atoms with Gasteiger partial charge in [-0.15, -0.1) is 7.20 Å². The van der Waals surface area contributed by atoms with Crippen molar-refractivity contribution in [3.05, 3.63) is 60.7 Å². The molecular formula is C14H15IS. The molecule has 0 N–H and O–H groups in total. The van der Waals surface area contributed by atoms with Crippen LogP contribution in [0.3, 0.4) is 0 Å². The van der Waals surface area contributed by atoms with Crippen LogP contribution in [0, 0.1) is 0 Å². The van der Waals surface area contributed by atoms with Crippen LogP contribution in [-0.4, -0.2) is 5.75 Å². The lowest BCUT2D eigenvalue weighted by Crippen LogP contribution is -1.96. The molecule has 2 rings (SSSR count). The van der Waals surface area contributed by atoms with Crippen molar-refractivity contribution in [1.29, 1.82) is 0 Å². The molecule has 2 aromatic rings. The molecule has 0 radical (unpaired) electrons. The van der Waals surface area contributed by atoms with Crippen molar-refractivity contribution in [3.8, 4) is 0 Å². The minimum Gasteiger partial charge on any atom is -0.133 e. The molecule has 0 fully saturated rings. The van der Waals surface area contributed by atoms with E-state index >= 15 is 0 Å². The number of hydrogen-bond acceptors (Lipinski definition) is 0. The molecule has 0 unspecified atom stereocenters. The number of hydrogen-bond donors (Lipinski definition) is 0. The third-order valence-corrected chi connectivity index (χ3v) is 10.4. The lowest BCUT2D eigenvalue weighted by Gasteiger charge is -2.33. The van der Waals surface area contributed by atoms with Crippen molar-refractivity contribution in [2.75, 3.05) is 5.75 Å². The highest BCUT2D eigenvalue weighted by atomic mass is 127. The number of benzene rings is 2. The van der Waals surface area contributed by atoms with Crippen molar-refractivity contribution in [3.63, 3.8) is 0 Å². The Kier molecular flexibility index (Phi) is 3.92. The highest BCUT2D eigenvalue weighted by molar-refractivity contribution is 14.2. The maximum Gasteiger partial charge on any atom is 0.00273 e. The summed E-state index contributed by atoms with van der Waals surface area (Å²) in [6, 6.07) is 21.7. The molecule has 0 saturated heterocycles. The Balaban J connectivity index is 2.49. The lowest BCUT2D eigenvalue weighted by molar-refractivity contribution is 1.34. The van der Waals surface area contributed by atoms with E-state index in [9.17, 15) is 0 Å². The standard InChI is InChI=1S/C14H15IS/c1-2-16(15,13-9-5-3-6-10-13)14-11-7-4-8-12-14/h3-12H,2H2,1H3. The molecule has 0 aliphatic rings. The van der Waals surface area contributed by atoms with E-state index in [2.05, 4.69) is 88.8 Å². The highest BCUT2D eigenvalue weighted by Crippen LogP contribution is 2.68. The summed E-state index contributed by atoms with van der Waals surface area (Å²) in [5.74, 6) is 1.18. The fraction of sp³-hybridized carbons (Fsp3) is 0.143. The summed E-state index contributed by atoms with van der Waals surface area (Å²) in [6.45, 7) is 2.28. The van der Waals surface area contributed by atoms with Crippen molar-refractivity contribution in [1.82, 2.24) is 0 Å². The minimum absolute atomic E-state index is 0.864. The van der Waals surface area contributed by atoms with Crippen LogP contribution in [0.15, 0.2) is 70.5 Å². The van der Waals surface area contributed by atoms with Gasteiger partial charge in [0.25, 0.3) is 0 Å². The Hall–Kier alpha value is -0.480. The summed E-state index contributed by atoms with van der Waals surface area (Å²) in [5.41, 5.74) is 0. The molecule has 0 aromatic heterocycles. The predicted octanol–water partition coefficient (Wildman–Crippen LogP) is 5.28. The maximum absolute atomic E-state index is 2.65. The molecule has 16 heavy (non-hydrogen) atoms. The first-order valence-electron chi connectivity index (χ1n) is 5.38. The maximum atomic E-state index is 2.65. The van der Waals surface area contributed by atoms with Crippen LogP contribution in [0.2, 0.25) is 0 Å². The second-order valence-corrected chi connectivity index (χ2v) is 10.9. The molecule has 0 atom stereocenters. The highest BCUT2D eigenvalue weighted by Gasteiger charge is 2.22. The first-order valence-corrected chi connectivity index (χ1v) is 9.72. The van der Waals surface area contributed by atoms with Gasteiger partial charge in [0.15, 0.2) is 0 Å². The Morgan fingerprint density at radius 1 is 0.812 bits per heavy atom. The average molecular weight is 342 g/mol. The van der Waals surface area contributed by atoms with E-state index in [1.54, 1.807) is 0 Å². The van der Waals surface area contributed by atoms with Crippen LogP contribution in [-0.2, 0) is 0 Å². The van der Waals surface area contributed by atoms with Gasteiger partial charge in [-0.25, -0.2) is 0 Å². The molecule has 0 spiro atoms. The Morgan fingerprint density at radius 2 is 1.19 bits per heavy atom. The third-order valence-electron chi connectivity index (χ3n) is 2.63. The van der Waals surface area contributed by atoms with Gasteiger partial charge in [-0.2, -0.15) is 0 Å². The van der Waals surface area contributed by atoms with E-state index in [1.165, 1.54) is 15.5 Å². The van der Waals surface area contributed by atoms with E-state index in [4.69, 9.17) is 0 Å². The quantitative estimate of drug-likeness (QED) is 0.666. The first-order chi connectivity index (χ1) is 7.77. The average Bonchev–Trinajstić information content (AvgIpc) is 2.40. The molecule has 84 valence electrons. The summed E-state index contributed by atoms with van der Waals surface area (Å²) in [4.78, 5) is 2.92. The molecule has 2 aromatic carbocycles. The predicted molar refractivity (Wildman–Crippen MR) is 81.6 cm³/mol. The normalized spacial score (nSPS) is 12.4. The SMILES string of the molecule is CCS(I)(c1ccccc1)c1ccccc1. The fourth-order valence-corrected chi connectivity index (χ4v) is 5.62. The zero-order chi connectivity index (χ0) is 11.4. The monoisotopic (exact) mass is 342 g/mol. The third kappa shape index (κ3) is 2.28. The van der Waals surface area contributed by atoms with Gasteiger partial charge < -0.3 is 0 Å². The second kappa shape index (κ2) is 5.23. The van der Waals surface area contributed by atoms with Crippen LogP contribution in [0.4, 0.5) is 0 Å². The van der Waals surface area contributed by atoms with E-state index in [0.717, 1.165) is 0 Å². The summed E-state index contributed by atoms with van der Waals surface area (Å²) >= 11 is 2.65. The molecule has 0 aliphatic heterocycles. The summed E-state index contributed by atoms with van der Waals surface area (Å²) in [6.07, 6.45) is 0. The van der Waals surface area contributed by atoms with E-state index in [0.29, 0.717) is 0 Å². The van der Waals surface area contributed by atoms with Gasteiger partial charge in [-0.05, 0) is 51.2 Å².